The smallest absolute Gasteiger partial charge is 0.433 e. The van der Waals surface area contributed by atoms with Crippen LogP contribution in [0.2, 0.25) is 0 Å². The van der Waals surface area contributed by atoms with E-state index in [2.05, 4.69) is 50.9 Å². The molecule has 0 aliphatic carbocycles. The Morgan fingerprint density at radius 3 is 1.89 bits per heavy atom. The zero-order chi connectivity index (χ0) is 56.0. The number of nitrogens with zero attached hydrogens (tertiary/aromatic N) is 11. The largest absolute Gasteiger partial charge is 0.492 e. The molecule has 1 saturated heterocycles. The van der Waals surface area contributed by atoms with E-state index < -0.39 is 35.6 Å². The zero-order valence-electron chi connectivity index (χ0n) is 42.1. The number of alkyl halides is 6. The van der Waals surface area contributed by atoms with Gasteiger partial charge >= 0.3 is 12.4 Å². The summed E-state index contributed by atoms with van der Waals surface area (Å²) >= 11 is 0. The van der Waals surface area contributed by atoms with Gasteiger partial charge in [0.1, 0.15) is 12.4 Å². The number of hydrogen-bond acceptors (Lipinski definition) is 13. The molecule has 0 bridgehead atoms. The minimum atomic E-state index is -4.75. The van der Waals surface area contributed by atoms with E-state index in [0.717, 1.165) is 17.7 Å². The van der Waals surface area contributed by atoms with E-state index in [9.17, 15) is 40.7 Å². The van der Waals surface area contributed by atoms with E-state index in [-0.39, 0.29) is 64.2 Å². The molecule has 10 rings (SSSR count). The van der Waals surface area contributed by atoms with E-state index in [4.69, 9.17) is 9.47 Å². The van der Waals surface area contributed by atoms with Gasteiger partial charge in [-0.25, -0.2) is 14.3 Å². The number of halogens is 6. The van der Waals surface area contributed by atoms with Gasteiger partial charge in [-0.3, -0.25) is 29.3 Å². The Morgan fingerprint density at radius 2 is 1.27 bits per heavy atom. The summed E-state index contributed by atoms with van der Waals surface area (Å²) in [5, 5.41) is 21.4. The quantitative estimate of drug-likeness (QED) is 0.0868. The molecule has 7 heterocycles. The van der Waals surface area contributed by atoms with Gasteiger partial charge in [0.2, 0.25) is 0 Å². The molecule has 1 unspecified atom stereocenters. The number of pyridine rings is 3. The first-order chi connectivity index (χ1) is 38.5. The second-order valence-electron chi connectivity index (χ2n) is 18.2. The molecule has 18 nitrogen and oxygen atoms in total. The van der Waals surface area contributed by atoms with E-state index in [0.29, 0.717) is 70.2 Å². The monoisotopic (exact) mass is 1090 g/mol. The number of hydrogen-bond donors (Lipinski definition) is 2. The summed E-state index contributed by atoms with van der Waals surface area (Å²) < 4.78 is 97.2. The molecule has 0 saturated carbocycles. The number of ether oxygens (including phenoxy) is 2. The molecule has 24 heteroatoms. The molecule has 3 amide bonds. The van der Waals surface area contributed by atoms with Crippen molar-refractivity contribution in [3.05, 3.63) is 193 Å². The second kappa shape index (κ2) is 23.1. The van der Waals surface area contributed by atoms with E-state index in [1.165, 1.54) is 55.2 Å². The molecule has 1 aliphatic rings. The van der Waals surface area contributed by atoms with E-state index in [1.807, 2.05) is 0 Å². The van der Waals surface area contributed by atoms with E-state index in [1.54, 1.807) is 109 Å². The average Bonchev–Trinajstić information content (AvgIpc) is 4.15. The summed E-state index contributed by atoms with van der Waals surface area (Å²) in [4.78, 5) is 56.2. The first-order valence-corrected chi connectivity index (χ1v) is 24.6. The molecule has 0 spiro atoms. The van der Waals surface area contributed by atoms with Crippen LogP contribution in [0.3, 0.4) is 0 Å². The van der Waals surface area contributed by atoms with Crippen molar-refractivity contribution < 1.29 is 50.2 Å². The van der Waals surface area contributed by atoms with Gasteiger partial charge in [0, 0.05) is 79.3 Å². The maximum absolute atomic E-state index is 14.0. The number of anilines is 2. The number of aromatic nitrogens is 9. The summed E-state index contributed by atoms with van der Waals surface area (Å²) in [5.41, 5.74) is 1.42. The lowest BCUT2D eigenvalue weighted by Gasteiger charge is -2.37. The molecular weight excluding hydrogens is 1050 g/mol. The van der Waals surface area contributed by atoms with Crippen LogP contribution in [0.1, 0.15) is 42.5 Å². The highest BCUT2D eigenvalue weighted by molar-refractivity contribution is 6.05. The Balaban J connectivity index is 0.706. The van der Waals surface area contributed by atoms with Crippen molar-refractivity contribution in [1.29, 1.82) is 0 Å². The fraction of sp³-hybridized carbons (Fsp3) is 0.179. The first kappa shape index (κ1) is 53.7. The van der Waals surface area contributed by atoms with Crippen molar-refractivity contribution in [2.24, 2.45) is 0 Å². The molecule has 3 aromatic carbocycles. The van der Waals surface area contributed by atoms with Crippen molar-refractivity contribution in [1.82, 2.24) is 54.5 Å². The number of benzene rings is 3. The molecule has 1 aliphatic heterocycles. The van der Waals surface area contributed by atoms with Crippen LogP contribution in [0.25, 0.3) is 45.3 Å². The van der Waals surface area contributed by atoms with Crippen LogP contribution in [-0.4, -0.2) is 125 Å². The lowest BCUT2D eigenvalue weighted by atomic mass is 10.0. The number of likely N-dealkylation sites (N-methyl/N-ethyl adjacent to an activating group) is 1. The van der Waals surface area contributed by atoms with Crippen LogP contribution in [0.4, 0.5) is 37.8 Å². The van der Waals surface area contributed by atoms with Crippen molar-refractivity contribution in [2.45, 2.75) is 18.4 Å². The van der Waals surface area contributed by atoms with Crippen LogP contribution in [0, 0.1) is 0 Å². The highest BCUT2D eigenvalue weighted by Gasteiger charge is 2.38. The fourth-order valence-corrected chi connectivity index (χ4v) is 8.73. The normalized spacial score (nSPS) is 13.9. The minimum absolute atomic E-state index is 0.00363. The number of amides is 3. The third kappa shape index (κ3) is 12.5. The molecule has 406 valence electrons. The Labute approximate surface area is 451 Å². The van der Waals surface area contributed by atoms with E-state index >= 15 is 0 Å². The van der Waals surface area contributed by atoms with Gasteiger partial charge in [-0.15, -0.1) is 10.2 Å². The molecule has 6 aromatic heterocycles. The van der Waals surface area contributed by atoms with Crippen LogP contribution in [0.15, 0.2) is 164 Å². The Morgan fingerprint density at radius 1 is 0.650 bits per heavy atom. The summed E-state index contributed by atoms with van der Waals surface area (Å²) in [5.74, 6) is -1.16. The van der Waals surface area contributed by atoms with Crippen LogP contribution in [0.5, 0.6) is 5.75 Å². The highest BCUT2D eigenvalue weighted by Crippen LogP contribution is 2.35. The number of carbonyl (C=O) groups is 3. The van der Waals surface area contributed by atoms with Crippen molar-refractivity contribution in [2.75, 3.05) is 57.1 Å². The third-order valence-corrected chi connectivity index (χ3v) is 12.8. The number of rotatable bonds is 16. The molecule has 9 aromatic rings. The van der Waals surface area contributed by atoms with Crippen molar-refractivity contribution >= 4 is 29.2 Å². The predicted molar refractivity (Wildman–Crippen MR) is 280 cm³/mol. The molecule has 1 atom stereocenters. The van der Waals surface area contributed by atoms with Crippen molar-refractivity contribution in [3.63, 3.8) is 0 Å². The zero-order valence-corrected chi connectivity index (χ0v) is 42.1. The summed E-state index contributed by atoms with van der Waals surface area (Å²) in [6.07, 6.45) is -2.43. The standard InChI is InChI=1S/C56H45F6N13O5/c1-72(54(78)36-14-12-35(13-15-36)37-6-2-7-38(26-37)53(77)67-49-17-19-51(69-68-49)75-48(56(60,61)62)29-46(71-75)41-10-5-21-64-31-41)33-43-34-79-24-22-73(43)23-25-80-44-11-3-8-39(27-44)52(76)66-42-16-18-50(65-32-42)74-47(55(57,58)59)28-45(70-74)40-9-4-20-63-30-40/h2-21,26-32,43H,22-25,33-34H2,1H3,(H,66,76)(H,67,68,77). The maximum Gasteiger partial charge on any atom is 0.433 e. The van der Waals surface area contributed by atoms with Gasteiger partial charge in [-0.2, -0.15) is 36.5 Å². The van der Waals surface area contributed by atoms with Gasteiger partial charge < -0.3 is 25.0 Å². The topological polar surface area (TPSA) is 200 Å². The van der Waals surface area contributed by atoms with Crippen LogP contribution >= 0.6 is 0 Å². The van der Waals surface area contributed by atoms with Gasteiger partial charge in [-0.05, 0) is 114 Å². The SMILES string of the molecule is CN(CC1COCCN1CCOc1cccc(C(=O)Nc2ccc(-n3nc(-c4cccnc4)cc3C(F)(F)F)nc2)c1)C(=O)c1ccc(-c2cccc(C(=O)Nc3ccc(-n4nc(-c5cccnc5)cc4C(F)(F)F)nn3)c2)cc1. The second-order valence-corrected chi connectivity index (χ2v) is 18.2. The maximum atomic E-state index is 14.0. The Hall–Kier alpha value is -9.68. The molecule has 80 heavy (non-hydrogen) atoms. The fourth-order valence-electron chi connectivity index (χ4n) is 8.73. The molecule has 1 fully saturated rings. The van der Waals surface area contributed by atoms with Gasteiger partial charge in [0.25, 0.3) is 17.7 Å². The van der Waals surface area contributed by atoms with Gasteiger partial charge in [0.15, 0.2) is 28.8 Å². The highest BCUT2D eigenvalue weighted by atomic mass is 19.4. The van der Waals surface area contributed by atoms with Crippen LogP contribution < -0.4 is 15.4 Å². The first-order valence-electron chi connectivity index (χ1n) is 24.6. The Bertz CT molecular complexity index is 3640. The third-order valence-electron chi connectivity index (χ3n) is 12.8. The summed E-state index contributed by atoms with van der Waals surface area (Å²) in [6, 6.07) is 33.6. The summed E-state index contributed by atoms with van der Waals surface area (Å²) in [7, 11) is 1.71. The lowest BCUT2D eigenvalue weighted by molar-refractivity contribution is -0.143. The summed E-state index contributed by atoms with van der Waals surface area (Å²) in [6.45, 7) is 2.54. The van der Waals surface area contributed by atoms with Crippen molar-refractivity contribution in [3.8, 4) is 51.0 Å². The van der Waals surface area contributed by atoms with Crippen LogP contribution in [-0.2, 0) is 17.1 Å². The lowest BCUT2D eigenvalue weighted by Crippen LogP contribution is -2.52. The predicted octanol–water partition coefficient (Wildman–Crippen LogP) is 9.43. The number of carbonyl (C=O) groups excluding carboxylic acids is 3. The van der Waals surface area contributed by atoms with Gasteiger partial charge in [-0.1, -0.05) is 30.3 Å². The molecular formula is C56H45F6N13O5. The number of morpholine rings is 1. The number of nitrogens with one attached hydrogen (secondary N) is 2. The average molecular weight is 1090 g/mol. The molecule has 2 N–H and O–H groups in total. The van der Waals surface area contributed by atoms with Gasteiger partial charge in [0.05, 0.1) is 42.5 Å². The minimum Gasteiger partial charge on any atom is -0.492 e. The Kier molecular flexibility index (Phi) is 15.5. The molecule has 0 radical (unpaired) electrons.